The zero-order valence-corrected chi connectivity index (χ0v) is 27.9. The maximum Gasteiger partial charge on any atom is 0.0279 e. The fourth-order valence-electron chi connectivity index (χ4n) is 6.58. The quantitative estimate of drug-likeness (QED) is 0.194. The lowest BCUT2D eigenvalue weighted by Crippen LogP contribution is -2.29. The molecule has 1 unspecified atom stereocenters. The Labute approximate surface area is 251 Å². The third-order valence-electron chi connectivity index (χ3n) is 7.90. The Morgan fingerprint density at radius 2 is 0.805 bits per heavy atom. The van der Waals surface area contributed by atoms with Gasteiger partial charge in [-0.15, -0.1) is 0 Å². The van der Waals surface area contributed by atoms with E-state index in [4.69, 9.17) is 0 Å². The van der Waals surface area contributed by atoms with E-state index in [1.54, 1.807) is 0 Å². The van der Waals surface area contributed by atoms with Crippen molar-refractivity contribution >= 4 is 37.1 Å². The molecule has 0 fully saturated rings. The fraction of sp³-hybridized carbons (Fsp3) is 0.282. The average Bonchev–Trinajstić information content (AvgIpc) is 3.31. The fourth-order valence-corrected chi connectivity index (χ4v) is 12.9. The molecule has 2 heteroatoms. The smallest absolute Gasteiger partial charge is 0.0279 e. The molecule has 1 aliphatic carbocycles. The van der Waals surface area contributed by atoms with Gasteiger partial charge in [-0.1, -0.05) is 136 Å². The molecule has 41 heavy (non-hydrogen) atoms. The molecular weight excluding hydrogens is 530 g/mol. The number of allylic oxidation sites excluding steroid dienone is 4. The largest absolute Gasteiger partial charge is 0.0718 e. The van der Waals surface area contributed by atoms with Crippen LogP contribution in [0.2, 0.25) is 0 Å². The number of aryl methyl sites for hydroxylation is 8. The number of hydrogen-bond acceptors (Lipinski definition) is 0. The molecule has 5 rings (SSSR count). The molecule has 0 saturated carbocycles. The second-order valence-electron chi connectivity index (χ2n) is 12.2. The standard InChI is InChI=1S/C39H43P2/c1-25-13-26(2)18-34(17-25)40(35-19-27(3)14-28(4)20-35)33(9)38-11-10-12-39(38)41(36-21-29(5)15-30(6)22-36)37-23-31(7)16-32(8)24-37/h10,12-24,33,39H,1-9H3/t33-,39?/m0/s1. The Hall–Kier alpha value is -2.78. The van der Waals surface area contributed by atoms with E-state index in [9.17, 15) is 0 Å². The van der Waals surface area contributed by atoms with Gasteiger partial charge in [0.25, 0.3) is 0 Å². The van der Waals surface area contributed by atoms with Gasteiger partial charge in [0.15, 0.2) is 0 Å². The molecule has 4 aromatic carbocycles. The molecule has 1 radical (unpaired) electrons. The first-order chi connectivity index (χ1) is 19.5. The highest BCUT2D eigenvalue weighted by molar-refractivity contribution is 7.75. The molecule has 209 valence electrons. The second-order valence-corrected chi connectivity index (χ2v) is 17.1. The van der Waals surface area contributed by atoms with E-state index in [-0.39, 0.29) is 0 Å². The molecule has 2 atom stereocenters. The van der Waals surface area contributed by atoms with E-state index in [0.717, 1.165) is 0 Å². The van der Waals surface area contributed by atoms with Crippen LogP contribution in [0.5, 0.6) is 0 Å². The van der Waals surface area contributed by atoms with Gasteiger partial charge in [0, 0.05) is 11.3 Å². The maximum absolute atomic E-state index is 3.83. The van der Waals surface area contributed by atoms with Gasteiger partial charge in [0.1, 0.15) is 0 Å². The summed E-state index contributed by atoms with van der Waals surface area (Å²) in [6.45, 7) is 20.4. The maximum atomic E-state index is 3.83. The molecule has 1 aliphatic rings. The molecule has 0 aromatic heterocycles. The summed E-state index contributed by atoms with van der Waals surface area (Å²) in [7, 11) is -1.28. The van der Waals surface area contributed by atoms with E-state index in [1.165, 1.54) is 71.3 Å². The summed E-state index contributed by atoms with van der Waals surface area (Å²) in [5.41, 5.74) is 12.9. The summed E-state index contributed by atoms with van der Waals surface area (Å²) >= 11 is 0. The van der Waals surface area contributed by atoms with Crippen LogP contribution in [0.25, 0.3) is 0 Å². The van der Waals surface area contributed by atoms with Crippen LogP contribution >= 0.6 is 15.8 Å². The van der Waals surface area contributed by atoms with Gasteiger partial charge >= 0.3 is 0 Å². The van der Waals surface area contributed by atoms with Crippen LogP contribution in [-0.4, -0.2) is 11.3 Å². The van der Waals surface area contributed by atoms with E-state index in [1.807, 2.05) is 0 Å². The molecule has 0 amide bonds. The van der Waals surface area contributed by atoms with Crippen LogP contribution < -0.4 is 21.2 Å². The normalized spacial score (nSPS) is 15.6. The summed E-state index contributed by atoms with van der Waals surface area (Å²) in [6.07, 6.45) is 8.50. The topological polar surface area (TPSA) is 0 Å². The predicted molar refractivity (Wildman–Crippen MR) is 185 cm³/mol. The van der Waals surface area contributed by atoms with Crippen LogP contribution in [-0.2, 0) is 0 Å². The van der Waals surface area contributed by atoms with E-state index >= 15 is 0 Å². The van der Waals surface area contributed by atoms with Crippen LogP contribution in [0.1, 0.15) is 51.4 Å². The SMILES string of the molecule is Cc1cc(C)cc(P(c2cc(C)cc(C)c2)C2C=C[C]=C2[C@H](C)P(c2cc(C)cc(C)c2)c2cc(C)cc(C)c2)c1. The molecule has 4 aromatic rings. The Morgan fingerprint density at radius 3 is 1.15 bits per heavy atom. The lowest BCUT2D eigenvalue weighted by Gasteiger charge is -2.34. The molecule has 0 N–H and O–H groups in total. The van der Waals surface area contributed by atoms with Crippen molar-refractivity contribution in [3.05, 3.63) is 141 Å². The highest BCUT2D eigenvalue weighted by Gasteiger charge is 2.35. The minimum absolute atomic E-state index is 0.323. The summed E-state index contributed by atoms with van der Waals surface area (Å²) in [4.78, 5) is 0. The first-order valence-electron chi connectivity index (χ1n) is 14.7. The Kier molecular flexibility index (Phi) is 8.85. The van der Waals surface area contributed by atoms with Gasteiger partial charge in [-0.25, -0.2) is 0 Å². The van der Waals surface area contributed by atoms with Crippen LogP contribution in [0.3, 0.4) is 0 Å². The highest BCUT2D eigenvalue weighted by atomic mass is 31.1. The molecule has 0 heterocycles. The third kappa shape index (κ3) is 6.67. The van der Waals surface area contributed by atoms with Crippen molar-refractivity contribution in [1.29, 1.82) is 0 Å². The Balaban J connectivity index is 1.66. The van der Waals surface area contributed by atoms with Crippen molar-refractivity contribution in [2.75, 3.05) is 0 Å². The minimum atomic E-state index is -0.652. The zero-order chi connectivity index (χ0) is 29.4. The van der Waals surface area contributed by atoms with Gasteiger partial charge in [-0.05, 0) is 104 Å². The first kappa shape index (κ1) is 29.7. The molecule has 0 spiro atoms. The van der Waals surface area contributed by atoms with Crippen LogP contribution in [0.15, 0.2) is 90.5 Å². The van der Waals surface area contributed by atoms with Crippen molar-refractivity contribution in [2.45, 2.75) is 73.6 Å². The lowest BCUT2D eigenvalue weighted by molar-refractivity contribution is 1.06. The summed E-state index contributed by atoms with van der Waals surface area (Å²) < 4.78 is 0. The predicted octanol–water partition coefficient (Wildman–Crippen LogP) is 8.78. The second kappa shape index (κ2) is 12.2. The van der Waals surface area contributed by atoms with Crippen molar-refractivity contribution in [3.63, 3.8) is 0 Å². The minimum Gasteiger partial charge on any atom is -0.0718 e. The Morgan fingerprint density at radius 1 is 0.488 bits per heavy atom. The van der Waals surface area contributed by atoms with Crippen molar-refractivity contribution in [3.8, 4) is 0 Å². The zero-order valence-electron chi connectivity index (χ0n) is 26.1. The average molecular weight is 574 g/mol. The van der Waals surface area contributed by atoms with Crippen LogP contribution in [0, 0.1) is 61.5 Å². The van der Waals surface area contributed by atoms with Gasteiger partial charge in [0.05, 0.1) is 0 Å². The van der Waals surface area contributed by atoms with Crippen molar-refractivity contribution < 1.29 is 0 Å². The summed E-state index contributed by atoms with van der Waals surface area (Å²) in [6, 6.07) is 28.7. The third-order valence-corrected chi connectivity index (χ3v) is 13.2. The molecule has 0 saturated heterocycles. The molecular formula is C39H43P2. The number of benzene rings is 4. The van der Waals surface area contributed by atoms with Gasteiger partial charge in [-0.3, -0.25) is 0 Å². The van der Waals surface area contributed by atoms with Gasteiger partial charge in [0.2, 0.25) is 0 Å². The monoisotopic (exact) mass is 573 g/mol. The van der Waals surface area contributed by atoms with Gasteiger partial charge in [-0.2, -0.15) is 0 Å². The Bertz CT molecular complexity index is 1470. The molecule has 0 nitrogen and oxygen atoms in total. The highest BCUT2D eigenvalue weighted by Crippen LogP contribution is 2.53. The first-order valence-corrected chi connectivity index (χ1v) is 17.5. The van der Waals surface area contributed by atoms with Gasteiger partial charge < -0.3 is 0 Å². The van der Waals surface area contributed by atoms with E-state index in [2.05, 4.69) is 153 Å². The molecule has 0 bridgehead atoms. The van der Waals surface area contributed by atoms with E-state index in [0.29, 0.717) is 11.3 Å². The lowest BCUT2D eigenvalue weighted by atomic mass is 10.1. The number of hydrogen-bond donors (Lipinski definition) is 0. The van der Waals surface area contributed by atoms with Crippen molar-refractivity contribution in [2.24, 2.45) is 0 Å². The number of rotatable bonds is 7. The summed E-state index contributed by atoms with van der Waals surface area (Å²) in [5, 5.41) is 5.87. The van der Waals surface area contributed by atoms with Crippen LogP contribution in [0.4, 0.5) is 0 Å². The van der Waals surface area contributed by atoms with Crippen molar-refractivity contribution in [1.82, 2.24) is 0 Å². The van der Waals surface area contributed by atoms with E-state index < -0.39 is 15.8 Å². The summed E-state index contributed by atoms with van der Waals surface area (Å²) in [5.74, 6) is 0. The molecule has 0 aliphatic heterocycles.